The summed E-state index contributed by atoms with van der Waals surface area (Å²) >= 11 is 0. The predicted molar refractivity (Wildman–Crippen MR) is 55.9 cm³/mol. The summed E-state index contributed by atoms with van der Waals surface area (Å²) in [5.41, 5.74) is 0. The third-order valence-corrected chi connectivity index (χ3v) is 2.17. The maximum Gasteiger partial charge on any atom is 0.0547 e. The van der Waals surface area contributed by atoms with Crippen molar-refractivity contribution in [2.45, 2.75) is 58.5 Å². The Labute approximate surface area is 82.3 Å². The van der Waals surface area contributed by atoms with Crippen molar-refractivity contribution in [2.24, 2.45) is 0 Å². The Morgan fingerprint density at radius 2 is 1.92 bits per heavy atom. The molecule has 0 aromatic rings. The lowest BCUT2D eigenvalue weighted by molar-refractivity contribution is 0.0490. The molecule has 0 aliphatic heterocycles. The van der Waals surface area contributed by atoms with Crippen LogP contribution in [0.15, 0.2) is 0 Å². The Morgan fingerprint density at radius 3 is 2.54 bits per heavy atom. The van der Waals surface area contributed by atoms with Gasteiger partial charge in [-0.05, 0) is 19.8 Å². The molecule has 0 aliphatic carbocycles. The van der Waals surface area contributed by atoms with Gasteiger partial charge >= 0.3 is 0 Å². The monoisotopic (exact) mass is 188 g/mol. The van der Waals surface area contributed by atoms with Crippen LogP contribution in [0.1, 0.15) is 52.4 Å². The molecule has 0 fully saturated rings. The molecular weight excluding hydrogens is 164 g/mol. The zero-order valence-corrected chi connectivity index (χ0v) is 9.09. The summed E-state index contributed by atoms with van der Waals surface area (Å²) < 4.78 is 5.50. The molecule has 2 nitrogen and oxygen atoms in total. The summed E-state index contributed by atoms with van der Waals surface area (Å²) in [6.45, 7) is 5.28. The van der Waals surface area contributed by atoms with E-state index in [-0.39, 0.29) is 6.61 Å². The lowest BCUT2D eigenvalue weighted by Gasteiger charge is -2.11. The maximum atomic E-state index is 8.55. The Balaban J connectivity index is 3.05. The Hall–Kier alpha value is -0.0800. The van der Waals surface area contributed by atoms with E-state index in [2.05, 4.69) is 13.8 Å². The van der Waals surface area contributed by atoms with Gasteiger partial charge in [-0.15, -0.1) is 0 Å². The molecule has 0 unspecified atom stereocenters. The molecule has 0 rings (SSSR count). The van der Waals surface area contributed by atoms with Gasteiger partial charge in [-0.25, -0.2) is 0 Å². The normalized spacial score (nSPS) is 13.2. The number of unbranched alkanes of at least 4 members (excludes halogenated alkanes) is 3. The lowest BCUT2D eigenvalue weighted by Crippen LogP contribution is -2.09. The molecule has 1 N–H and O–H groups in total. The largest absolute Gasteiger partial charge is 0.396 e. The molecule has 1 atom stereocenters. The van der Waals surface area contributed by atoms with Crippen LogP contribution >= 0.6 is 0 Å². The van der Waals surface area contributed by atoms with Crippen LogP contribution in [-0.2, 0) is 4.74 Å². The van der Waals surface area contributed by atoms with Gasteiger partial charge in [0.25, 0.3) is 0 Å². The molecule has 2 heteroatoms. The van der Waals surface area contributed by atoms with Crippen molar-refractivity contribution in [1.82, 2.24) is 0 Å². The fraction of sp³-hybridized carbons (Fsp3) is 1.00. The van der Waals surface area contributed by atoms with Crippen LogP contribution in [0.5, 0.6) is 0 Å². The Morgan fingerprint density at radius 1 is 1.15 bits per heavy atom. The van der Waals surface area contributed by atoms with E-state index in [0.29, 0.717) is 12.7 Å². The fourth-order valence-electron chi connectivity index (χ4n) is 1.29. The molecule has 0 saturated carbocycles. The molecule has 0 radical (unpaired) electrons. The number of hydrogen-bond acceptors (Lipinski definition) is 2. The second kappa shape index (κ2) is 10.0. The van der Waals surface area contributed by atoms with Crippen LogP contribution in [0, 0.1) is 0 Å². The van der Waals surface area contributed by atoms with Crippen LogP contribution < -0.4 is 0 Å². The summed E-state index contributed by atoms with van der Waals surface area (Å²) in [5.74, 6) is 0. The summed E-state index contributed by atoms with van der Waals surface area (Å²) in [4.78, 5) is 0. The van der Waals surface area contributed by atoms with Gasteiger partial charge in [-0.2, -0.15) is 0 Å². The minimum atomic E-state index is 0.239. The summed E-state index contributed by atoms with van der Waals surface area (Å²) in [6.07, 6.45) is 7.51. The van der Waals surface area contributed by atoms with Crippen LogP contribution in [0.3, 0.4) is 0 Å². The highest BCUT2D eigenvalue weighted by molar-refractivity contribution is 4.51. The van der Waals surface area contributed by atoms with E-state index in [1.165, 1.54) is 25.7 Å². The van der Waals surface area contributed by atoms with Gasteiger partial charge in [-0.1, -0.05) is 32.6 Å². The lowest BCUT2D eigenvalue weighted by atomic mass is 10.1. The quantitative estimate of drug-likeness (QED) is 0.564. The molecule has 13 heavy (non-hydrogen) atoms. The van der Waals surface area contributed by atoms with E-state index < -0.39 is 0 Å². The molecule has 0 saturated heterocycles. The predicted octanol–water partition coefficient (Wildman–Crippen LogP) is 2.74. The van der Waals surface area contributed by atoms with Crippen molar-refractivity contribution in [3.05, 3.63) is 0 Å². The van der Waals surface area contributed by atoms with Gasteiger partial charge < -0.3 is 9.84 Å². The highest BCUT2D eigenvalue weighted by Crippen LogP contribution is 2.07. The van der Waals surface area contributed by atoms with Crippen molar-refractivity contribution >= 4 is 0 Å². The maximum absolute atomic E-state index is 8.55. The Kier molecular flexibility index (Phi) is 9.94. The average molecular weight is 188 g/mol. The van der Waals surface area contributed by atoms with Gasteiger partial charge in [0, 0.05) is 13.2 Å². The van der Waals surface area contributed by atoms with Crippen molar-refractivity contribution in [2.75, 3.05) is 13.2 Å². The minimum Gasteiger partial charge on any atom is -0.396 e. The Bertz CT molecular complexity index is 94.1. The molecule has 0 aromatic heterocycles. The second-order valence-corrected chi connectivity index (χ2v) is 3.61. The number of ether oxygens (including phenoxy) is 1. The SMILES string of the molecule is CCCCCC[C@H](C)OCCCO. The molecule has 0 heterocycles. The van der Waals surface area contributed by atoms with E-state index in [0.717, 1.165) is 12.8 Å². The fourth-order valence-corrected chi connectivity index (χ4v) is 1.29. The number of aliphatic hydroxyl groups excluding tert-OH is 1. The smallest absolute Gasteiger partial charge is 0.0547 e. The van der Waals surface area contributed by atoms with Gasteiger partial charge in [0.05, 0.1) is 6.10 Å². The van der Waals surface area contributed by atoms with E-state index in [1.807, 2.05) is 0 Å². The first-order chi connectivity index (χ1) is 6.31. The molecule has 0 bridgehead atoms. The first kappa shape index (κ1) is 12.9. The topological polar surface area (TPSA) is 29.5 Å². The van der Waals surface area contributed by atoms with Gasteiger partial charge in [0.2, 0.25) is 0 Å². The third-order valence-electron chi connectivity index (χ3n) is 2.17. The van der Waals surface area contributed by atoms with Crippen molar-refractivity contribution in [3.63, 3.8) is 0 Å². The summed E-state index contributed by atoms with van der Waals surface area (Å²) in [5, 5.41) is 8.55. The van der Waals surface area contributed by atoms with Crippen LogP contribution in [0.2, 0.25) is 0 Å². The number of aliphatic hydroxyl groups is 1. The zero-order chi connectivity index (χ0) is 9.94. The first-order valence-electron chi connectivity index (χ1n) is 5.53. The van der Waals surface area contributed by atoms with Gasteiger partial charge in [0.1, 0.15) is 0 Å². The van der Waals surface area contributed by atoms with Crippen LogP contribution in [0.25, 0.3) is 0 Å². The highest BCUT2D eigenvalue weighted by Gasteiger charge is 2.00. The van der Waals surface area contributed by atoms with Crippen molar-refractivity contribution < 1.29 is 9.84 Å². The third kappa shape index (κ3) is 9.84. The first-order valence-corrected chi connectivity index (χ1v) is 5.53. The van der Waals surface area contributed by atoms with Crippen LogP contribution in [-0.4, -0.2) is 24.4 Å². The second-order valence-electron chi connectivity index (χ2n) is 3.61. The summed E-state index contributed by atoms with van der Waals surface area (Å²) in [6, 6.07) is 0. The standard InChI is InChI=1S/C11H24O2/c1-3-4-5-6-8-11(2)13-10-7-9-12/h11-12H,3-10H2,1-2H3/t11-/m0/s1. The highest BCUT2D eigenvalue weighted by atomic mass is 16.5. The van der Waals surface area contributed by atoms with E-state index in [1.54, 1.807) is 0 Å². The van der Waals surface area contributed by atoms with Crippen molar-refractivity contribution in [3.8, 4) is 0 Å². The van der Waals surface area contributed by atoms with Crippen molar-refractivity contribution in [1.29, 1.82) is 0 Å². The molecular formula is C11H24O2. The summed E-state index contributed by atoms with van der Waals surface area (Å²) in [7, 11) is 0. The molecule has 0 aromatic carbocycles. The van der Waals surface area contributed by atoms with Gasteiger partial charge in [-0.3, -0.25) is 0 Å². The number of hydrogen-bond donors (Lipinski definition) is 1. The average Bonchev–Trinajstić information content (AvgIpc) is 2.13. The van der Waals surface area contributed by atoms with Gasteiger partial charge in [0.15, 0.2) is 0 Å². The molecule has 80 valence electrons. The molecule has 0 aliphatic rings. The van der Waals surface area contributed by atoms with E-state index >= 15 is 0 Å². The van der Waals surface area contributed by atoms with E-state index in [4.69, 9.17) is 9.84 Å². The molecule has 0 spiro atoms. The zero-order valence-electron chi connectivity index (χ0n) is 9.09. The van der Waals surface area contributed by atoms with E-state index in [9.17, 15) is 0 Å². The minimum absolute atomic E-state index is 0.239. The number of rotatable bonds is 9. The van der Waals surface area contributed by atoms with Crippen LogP contribution in [0.4, 0.5) is 0 Å². The molecule has 0 amide bonds.